The van der Waals surface area contributed by atoms with E-state index in [4.69, 9.17) is 9.47 Å². The van der Waals surface area contributed by atoms with Gasteiger partial charge < -0.3 is 19.3 Å². The van der Waals surface area contributed by atoms with Crippen molar-refractivity contribution in [2.24, 2.45) is 0 Å². The molecule has 0 bridgehead atoms. The standard InChI is InChI=1S/C39H36N2O3/c1-6-40(7-2)28-18-19-33-37(23-28)43-36-22-27(5)35(24-34(36)39(33)32-17-9-8-16-31(32)38(42)44-39)41(29-14-10-12-25(3)20-29)30-15-11-13-26(4)21-30/h8-24H,6-7H2,1-5H3. The highest BCUT2D eigenvalue weighted by atomic mass is 16.6. The predicted octanol–water partition coefficient (Wildman–Crippen LogP) is 9.50. The Morgan fingerprint density at radius 1 is 0.636 bits per heavy atom. The molecule has 0 saturated heterocycles. The summed E-state index contributed by atoms with van der Waals surface area (Å²) in [6.07, 6.45) is 0. The molecule has 220 valence electrons. The summed E-state index contributed by atoms with van der Waals surface area (Å²) in [5.74, 6) is 1.06. The quantitative estimate of drug-likeness (QED) is 0.187. The van der Waals surface area contributed by atoms with Crippen molar-refractivity contribution in [3.63, 3.8) is 0 Å². The molecule has 5 heteroatoms. The average molecular weight is 581 g/mol. The van der Waals surface area contributed by atoms with Gasteiger partial charge >= 0.3 is 5.97 Å². The molecule has 0 saturated carbocycles. The topological polar surface area (TPSA) is 42.0 Å². The molecule has 5 nitrogen and oxygen atoms in total. The van der Waals surface area contributed by atoms with E-state index < -0.39 is 5.60 Å². The van der Waals surface area contributed by atoms with E-state index in [1.807, 2.05) is 24.3 Å². The molecule has 2 aliphatic rings. The van der Waals surface area contributed by atoms with Crippen molar-refractivity contribution in [2.75, 3.05) is 22.9 Å². The van der Waals surface area contributed by atoms with Gasteiger partial charge in [-0.25, -0.2) is 4.79 Å². The van der Waals surface area contributed by atoms with Gasteiger partial charge in [0.2, 0.25) is 0 Å². The van der Waals surface area contributed by atoms with Gasteiger partial charge in [0.05, 0.1) is 5.56 Å². The smallest absolute Gasteiger partial charge is 0.340 e. The van der Waals surface area contributed by atoms with Crippen LogP contribution in [-0.2, 0) is 10.3 Å². The van der Waals surface area contributed by atoms with Crippen molar-refractivity contribution < 1.29 is 14.3 Å². The molecule has 1 spiro atoms. The molecule has 7 rings (SSSR count). The number of carbonyl (C=O) groups excluding carboxylic acids is 1. The number of esters is 1. The maximum absolute atomic E-state index is 13.5. The molecule has 5 aromatic rings. The van der Waals surface area contributed by atoms with Crippen LogP contribution in [0.3, 0.4) is 0 Å². The van der Waals surface area contributed by atoms with Crippen LogP contribution < -0.4 is 14.5 Å². The van der Waals surface area contributed by atoms with Gasteiger partial charge in [-0.3, -0.25) is 0 Å². The third kappa shape index (κ3) is 4.26. The molecule has 2 aliphatic heterocycles. The van der Waals surface area contributed by atoms with Crippen molar-refractivity contribution in [1.82, 2.24) is 0 Å². The SMILES string of the molecule is CCN(CC)c1ccc2c(c1)Oc1cc(C)c(N(c3cccc(C)c3)c3cccc(C)c3)cc1C21OC(=O)c2ccccc21. The fourth-order valence-corrected chi connectivity index (χ4v) is 6.78. The highest BCUT2D eigenvalue weighted by Gasteiger charge is 2.54. The summed E-state index contributed by atoms with van der Waals surface area (Å²) >= 11 is 0. The normalized spacial score (nSPS) is 16.1. The second-order valence-corrected chi connectivity index (χ2v) is 11.7. The van der Waals surface area contributed by atoms with Crippen molar-refractivity contribution in [3.8, 4) is 11.5 Å². The van der Waals surface area contributed by atoms with Crippen LogP contribution in [-0.4, -0.2) is 19.1 Å². The van der Waals surface area contributed by atoms with Crippen molar-refractivity contribution >= 4 is 28.7 Å². The number of hydrogen-bond acceptors (Lipinski definition) is 5. The van der Waals surface area contributed by atoms with Gasteiger partial charge in [0.1, 0.15) is 11.5 Å². The van der Waals surface area contributed by atoms with Crippen LogP contribution in [0.4, 0.5) is 22.7 Å². The van der Waals surface area contributed by atoms with E-state index in [-0.39, 0.29) is 5.97 Å². The minimum Gasteiger partial charge on any atom is -0.456 e. The highest BCUT2D eigenvalue weighted by Crippen LogP contribution is 2.58. The number of fused-ring (bicyclic) bond motifs is 6. The number of anilines is 4. The Hall–Kier alpha value is -5.03. The third-order valence-corrected chi connectivity index (χ3v) is 8.90. The summed E-state index contributed by atoms with van der Waals surface area (Å²) in [4.78, 5) is 18.1. The summed E-state index contributed by atoms with van der Waals surface area (Å²) in [6, 6.07) is 35.3. The van der Waals surface area contributed by atoms with E-state index in [0.29, 0.717) is 17.1 Å². The molecule has 0 N–H and O–H groups in total. The second kappa shape index (κ2) is 10.6. The summed E-state index contributed by atoms with van der Waals surface area (Å²) in [5.41, 5.74) is 9.46. The Kier molecular flexibility index (Phi) is 6.69. The minimum atomic E-state index is -1.15. The minimum absolute atomic E-state index is 0.330. The molecule has 0 radical (unpaired) electrons. The van der Waals surface area contributed by atoms with Crippen LogP contribution in [0.15, 0.2) is 103 Å². The Morgan fingerprint density at radius 2 is 1.30 bits per heavy atom. The largest absolute Gasteiger partial charge is 0.456 e. The number of rotatable bonds is 6. The lowest BCUT2D eigenvalue weighted by Gasteiger charge is -2.38. The lowest BCUT2D eigenvalue weighted by Crippen LogP contribution is -2.33. The first-order chi connectivity index (χ1) is 21.3. The van der Waals surface area contributed by atoms with Gasteiger partial charge in [-0.1, -0.05) is 42.5 Å². The van der Waals surface area contributed by atoms with E-state index in [1.165, 1.54) is 11.1 Å². The Bertz CT molecular complexity index is 1880. The fraction of sp³-hybridized carbons (Fsp3) is 0.205. The van der Waals surface area contributed by atoms with Gasteiger partial charge in [0, 0.05) is 58.6 Å². The molecule has 44 heavy (non-hydrogen) atoms. The van der Waals surface area contributed by atoms with E-state index in [1.54, 1.807) is 0 Å². The Morgan fingerprint density at radius 3 is 1.95 bits per heavy atom. The Labute approximate surface area is 259 Å². The molecule has 0 fully saturated rings. The number of carbonyl (C=O) groups is 1. The summed E-state index contributed by atoms with van der Waals surface area (Å²) in [6.45, 7) is 12.4. The molecule has 1 atom stereocenters. The number of benzene rings is 5. The number of nitrogens with zero attached hydrogens (tertiary/aromatic N) is 2. The van der Waals surface area contributed by atoms with Crippen LogP contribution >= 0.6 is 0 Å². The average Bonchev–Trinajstić information content (AvgIpc) is 3.31. The summed E-state index contributed by atoms with van der Waals surface area (Å²) < 4.78 is 13.3. The van der Waals surface area contributed by atoms with Crippen LogP contribution in [0, 0.1) is 20.8 Å². The molecule has 0 amide bonds. The van der Waals surface area contributed by atoms with Gasteiger partial charge in [0.15, 0.2) is 5.60 Å². The van der Waals surface area contributed by atoms with E-state index >= 15 is 0 Å². The number of aryl methyl sites for hydroxylation is 3. The summed E-state index contributed by atoms with van der Waals surface area (Å²) in [7, 11) is 0. The monoisotopic (exact) mass is 580 g/mol. The third-order valence-electron chi connectivity index (χ3n) is 8.90. The van der Waals surface area contributed by atoms with Crippen LogP contribution in [0.2, 0.25) is 0 Å². The van der Waals surface area contributed by atoms with Gasteiger partial charge in [-0.15, -0.1) is 0 Å². The van der Waals surface area contributed by atoms with E-state index in [9.17, 15) is 4.79 Å². The molecular weight excluding hydrogens is 544 g/mol. The molecule has 5 aromatic carbocycles. The van der Waals surface area contributed by atoms with Gasteiger partial charge in [-0.2, -0.15) is 0 Å². The molecule has 0 aromatic heterocycles. The lowest BCUT2D eigenvalue weighted by atomic mass is 9.77. The maximum atomic E-state index is 13.5. The highest BCUT2D eigenvalue weighted by molar-refractivity contribution is 5.97. The number of ether oxygens (including phenoxy) is 2. The maximum Gasteiger partial charge on any atom is 0.340 e. The van der Waals surface area contributed by atoms with Crippen LogP contribution in [0.25, 0.3) is 0 Å². The van der Waals surface area contributed by atoms with Crippen molar-refractivity contribution in [3.05, 3.63) is 142 Å². The van der Waals surface area contributed by atoms with Crippen molar-refractivity contribution in [2.45, 2.75) is 40.2 Å². The number of hydrogen-bond donors (Lipinski definition) is 0. The van der Waals surface area contributed by atoms with Crippen LogP contribution in [0.5, 0.6) is 11.5 Å². The van der Waals surface area contributed by atoms with E-state index in [2.05, 4.69) is 123 Å². The van der Waals surface area contributed by atoms with Gasteiger partial charge in [-0.05, 0) is 106 Å². The van der Waals surface area contributed by atoms with Crippen molar-refractivity contribution in [1.29, 1.82) is 0 Å². The Balaban J connectivity index is 1.50. The summed E-state index contributed by atoms with van der Waals surface area (Å²) in [5, 5.41) is 0. The first-order valence-electron chi connectivity index (χ1n) is 15.3. The zero-order valence-electron chi connectivity index (χ0n) is 25.8. The zero-order valence-corrected chi connectivity index (χ0v) is 25.8. The van der Waals surface area contributed by atoms with Crippen LogP contribution in [0.1, 0.15) is 57.6 Å². The first-order valence-corrected chi connectivity index (χ1v) is 15.3. The molecule has 0 aliphatic carbocycles. The lowest BCUT2D eigenvalue weighted by molar-refractivity contribution is 0.0224. The van der Waals surface area contributed by atoms with E-state index in [0.717, 1.165) is 58.1 Å². The predicted molar refractivity (Wildman–Crippen MR) is 177 cm³/mol. The second-order valence-electron chi connectivity index (χ2n) is 11.7. The van der Waals surface area contributed by atoms with Gasteiger partial charge in [0.25, 0.3) is 0 Å². The molecular formula is C39H36N2O3. The first kappa shape index (κ1) is 27.8. The molecule has 2 heterocycles. The zero-order chi connectivity index (χ0) is 30.6. The fourth-order valence-electron chi connectivity index (χ4n) is 6.78. The molecule has 1 unspecified atom stereocenters.